The van der Waals surface area contributed by atoms with Crippen molar-refractivity contribution < 1.29 is 9.90 Å². The zero-order chi connectivity index (χ0) is 11.4. The van der Waals surface area contributed by atoms with Crippen molar-refractivity contribution in [3.63, 3.8) is 0 Å². The molecule has 1 rings (SSSR count). The van der Waals surface area contributed by atoms with Crippen LogP contribution in [0.3, 0.4) is 0 Å². The van der Waals surface area contributed by atoms with Crippen LogP contribution in [0.5, 0.6) is 0 Å². The van der Waals surface area contributed by atoms with E-state index >= 15 is 0 Å². The van der Waals surface area contributed by atoms with Crippen molar-refractivity contribution in [3.05, 3.63) is 34.9 Å². The molecule has 3 heteroatoms. The number of hydrogen-bond donors (Lipinski definition) is 1. The van der Waals surface area contributed by atoms with E-state index in [0.29, 0.717) is 5.02 Å². The second-order valence-corrected chi connectivity index (χ2v) is 4.25. The highest BCUT2D eigenvalue weighted by Gasteiger charge is 2.17. The van der Waals surface area contributed by atoms with Gasteiger partial charge in [0.1, 0.15) is 5.78 Å². The summed E-state index contributed by atoms with van der Waals surface area (Å²) < 4.78 is 0. The molecular formula is C12H15ClO2. The summed E-state index contributed by atoms with van der Waals surface area (Å²) in [6.45, 7) is 3.38. The van der Waals surface area contributed by atoms with Crippen LogP contribution in [-0.4, -0.2) is 17.0 Å². The second-order valence-electron chi connectivity index (χ2n) is 3.81. The first-order valence-electron chi connectivity index (χ1n) is 4.93. The van der Waals surface area contributed by atoms with Gasteiger partial charge >= 0.3 is 0 Å². The molecule has 1 aromatic rings. The van der Waals surface area contributed by atoms with Gasteiger partial charge in [0.2, 0.25) is 0 Å². The molecule has 0 saturated heterocycles. The monoisotopic (exact) mass is 226 g/mol. The summed E-state index contributed by atoms with van der Waals surface area (Å²) in [7, 11) is 0. The molecule has 0 aliphatic rings. The highest BCUT2D eigenvalue weighted by atomic mass is 35.5. The van der Waals surface area contributed by atoms with Gasteiger partial charge in [-0.3, -0.25) is 4.79 Å². The number of halogens is 1. The molecule has 0 saturated carbocycles. The summed E-state index contributed by atoms with van der Waals surface area (Å²) in [5, 5.41) is 10.4. The van der Waals surface area contributed by atoms with Crippen LogP contribution >= 0.6 is 11.6 Å². The van der Waals surface area contributed by atoms with Gasteiger partial charge in [0, 0.05) is 17.4 Å². The molecule has 0 fully saturated rings. The molecule has 15 heavy (non-hydrogen) atoms. The Morgan fingerprint density at radius 2 is 1.93 bits per heavy atom. The number of aliphatic hydroxyl groups excluding tert-OH is 1. The smallest absolute Gasteiger partial charge is 0.132 e. The quantitative estimate of drug-likeness (QED) is 0.857. The summed E-state index contributed by atoms with van der Waals surface area (Å²) in [5.74, 6) is -0.0468. The molecule has 0 heterocycles. The molecule has 0 radical (unpaired) electrons. The lowest BCUT2D eigenvalue weighted by Gasteiger charge is -2.18. The van der Waals surface area contributed by atoms with Crippen molar-refractivity contribution in [1.29, 1.82) is 0 Å². The summed E-state index contributed by atoms with van der Waals surface area (Å²) in [4.78, 5) is 10.9. The third-order valence-corrected chi connectivity index (χ3v) is 2.72. The maximum atomic E-state index is 10.9. The molecule has 1 aromatic carbocycles. The van der Waals surface area contributed by atoms with E-state index < -0.39 is 6.10 Å². The molecule has 2 nitrogen and oxygen atoms in total. The fourth-order valence-corrected chi connectivity index (χ4v) is 1.59. The van der Waals surface area contributed by atoms with Gasteiger partial charge in [-0.05, 0) is 24.6 Å². The maximum Gasteiger partial charge on any atom is 0.132 e. The Bertz CT molecular complexity index is 332. The molecule has 0 amide bonds. The first kappa shape index (κ1) is 12.2. The minimum absolute atomic E-state index is 0.00307. The normalized spacial score (nSPS) is 14.7. The molecule has 2 unspecified atom stereocenters. The summed E-state index contributed by atoms with van der Waals surface area (Å²) >= 11 is 5.76. The van der Waals surface area contributed by atoms with Crippen molar-refractivity contribution >= 4 is 17.4 Å². The van der Waals surface area contributed by atoms with E-state index in [0.717, 1.165) is 5.56 Å². The Labute approximate surface area is 94.9 Å². The minimum Gasteiger partial charge on any atom is -0.392 e. The van der Waals surface area contributed by atoms with E-state index in [2.05, 4.69) is 0 Å². The fourth-order valence-electron chi connectivity index (χ4n) is 1.46. The number of benzene rings is 1. The van der Waals surface area contributed by atoms with Crippen LogP contribution in [0.25, 0.3) is 0 Å². The number of Topliss-reactive ketones (excluding diaryl/α,β-unsaturated/α-hetero) is 1. The van der Waals surface area contributed by atoms with Crippen LogP contribution in [0.4, 0.5) is 0 Å². The van der Waals surface area contributed by atoms with Gasteiger partial charge in [-0.25, -0.2) is 0 Å². The van der Waals surface area contributed by atoms with Gasteiger partial charge in [0.25, 0.3) is 0 Å². The molecule has 2 atom stereocenters. The number of ketones is 1. The van der Waals surface area contributed by atoms with Crippen LogP contribution in [0.2, 0.25) is 5.02 Å². The zero-order valence-electron chi connectivity index (χ0n) is 8.90. The van der Waals surface area contributed by atoms with Gasteiger partial charge < -0.3 is 5.11 Å². The predicted octanol–water partition coefficient (Wildman–Crippen LogP) is 2.78. The van der Waals surface area contributed by atoms with Gasteiger partial charge in [-0.1, -0.05) is 30.7 Å². The van der Waals surface area contributed by atoms with Gasteiger partial charge in [0.05, 0.1) is 6.10 Å². The average molecular weight is 227 g/mol. The topological polar surface area (TPSA) is 37.3 Å². The first-order chi connectivity index (χ1) is 7.00. The molecule has 82 valence electrons. The molecule has 0 spiro atoms. The van der Waals surface area contributed by atoms with Crippen LogP contribution in [0, 0.1) is 0 Å². The summed E-state index contributed by atoms with van der Waals surface area (Å²) in [5.41, 5.74) is 0.994. The molecule has 1 N–H and O–H groups in total. The van der Waals surface area contributed by atoms with Crippen molar-refractivity contribution in [2.24, 2.45) is 0 Å². The number of aliphatic hydroxyl groups is 1. The number of carbonyl (C=O) groups is 1. The molecule has 0 aliphatic heterocycles. The van der Waals surface area contributed by atoms with Gasteiger partial charge in [0.15, 0.2) is 0 Å². The number of hydrogen-bond acceptors (Lipinski definition) is 2. The Balaban J connectivity index is 2.71. The second kappa shape index (κ2) is 5.29. The summed E-state index contributed by atoms with van der Waals surface area (Å²) in [6.07, 6.45) is -0.423. The molecule has 0 aliphatic carbocycles. The van der Waals surface area contributed by atoms with Crippen molar-refractivity contribution in [2.75, 3.05) is 0 Å². The van der Waals surface area contributed by atoms with Crippen molar-refractivity contribution in [1.82, 2.24) is 0 Å². The first-order valence-corrected chi connectivity index (χ1v) is 5.31. The van der Waals surface area contributed by atoms with E-state index in [-0.39, 0.29) is 18.1 Å². The van der Waals surface area contributed by atoms with Crippen molar-refractivity contribution in [3.8, 4) is 0 Å². The van der Waals surface area contributed by atoms with Gasteiger partial charge in [-0.2, -0.15) is 0 Å². The van der Waals surface area contributed by atoms with E-state index in [1.165, 1.54) is 6.92 Å². The highest BCUT2D eigenvalue weighted by molar-refractivity contribution is 6.30. The number of carbonyl (C=O) groups excluding carboxylic acids is 1. The SMILES string of the molecule is CC(=O)CC(O)C(C)c1ccc(Cl)cc1. The van der Waals surface area contributed by atoms with E-state index in [4.69, 9.17) is 11.6 Å². The fraction of sp³-hybridized carbons (Fsp3) is 0.417. The molecular weight excluding hydrogens is 212 g/mol. The van der Waals surface area contributed by atoms with E-state index in [1.807, 2.05) is 19.1 Å². The zero-order valence-corrected chi connectivity index (χ0v) is 9.66. The van der Waals surface area contributed by atoms with Crippen LogP contribution in [0.15, 0.2) is 24.3 Å². The largest absolute Gasteiger partial charge is 0.392 e. The minimum atomic E-state index is -0.622. The Morgan fingerprint density at radius 3 is 2.40 bits per heavy atom. The van der Waals surface area contributed by atoms with Crippen LogP contribution in [-0.2, 0) is 4.79 Å². The average Bonchev–Trinajstić information content (AvgIpc) is 2.17. The van der Waals surface area contributed by atoms with E-state index in [1.54, 1.807) is 12.1 Å². The Morgan fingerprint density at radius 1 is 1.40 bits per heavy atom. The highest BCUT2D eigenvalue weighted by Crippen LogP contribution is 2.22. The van der Waals surface area contributed by atoms with Crippen LogP contribution < -0.4 is 0 Å². The Hall–Kier alpha value is -0.860. The van der Waals surface area contributed by atoms with Crippen LogP contribution in [0.1, 0.15) is 31.7 Å². The predicted molar refractivity (Wildman–Crippen MR) is 61.2 cm³/mol. The lowest BCUT2D eigenvalue weighted by atomic mass is 9.93. The molecule has 0 aromatic heterocycles. The third kappa shape index (κ3) is 3.65. The lowest BCUT2D eigenvalue weighted by Crippen LogP contribution is -2.18. The Kier molecular flexibility index (Phi) is 4.30. The molecule has 0 bridgehead atoms. The van der Waals surface area contributed by atoms with E-state index in [9.17, 15) is 9.90 Å². The number of rotatable bonds is 4. The lowest BCUT2D eigenvalue weighted by molar-refractivity contribution is -0.119. The maximum absolute atomic E-state index is 10.9. The standard InChI is InChI=1S/C12H15ClO2/c1-8(14)7-12(15)9(2)10-3-5-11(13)6-4-10/h3-6,9,12,15H,7H2,1-2H3. The van der Waals surface area contributed by atoms with Gasteiger partial charge in [-0.15, -0.1) is 0 Å². The summed E-state index contributed by atoms with van der Waals surface area (Å²) in [6, 6.07) is 7.31. The van der Waals surface area contributed by atoms with Crippen molar-refractivity contribution in [2.45, 2.75) is 32.3 Å². The third-order valence-electron chi connectivity index (χ3n) is 2.47.